The lowest BCUT2D eigenvalue weighted by Gasteiger charge is -2.14. The highest BCUT2D eigenvalue weighted by Gasteiger charge is 2.20. The Kier molecular flexibility index (Phi) is 4.33. The van der Waals surface area contributed by atoms with Gasteiger partial charge in [-0.2, -0.15) is 0 Å². The number of rotatable bonds is 5. The van der Waals surface area contributed by atoms with Gasteiger partial charge < -0.3 is 5.11 Å². The predicted molar refractivity (Wildman–Crippen MR) is 70.5 cm³/mol. The number of sulfonamides is 1. The van der Waals surface area contributed by atoms with Crippen LogP contribution in [0.5, 0.6) is 0 Å². The van der Waals surface area contributed by atoms with Gasteiger partial charge in [-0.3, -0.25) is 9.52 Å². The molecule has 0 amide bonds. The molecule has 102 valence electrons. The topological polar surface area (TPSA) is 96.4 Å². The third kappa shape index (κ3) is 4.61. The second kappa shape index (κ2) is 5.23. The molecule has 0 radical (unpaired) electrons. The maximum absolute atomic E-state index is 11.6. The van der Waals surface area contributed by atoms with Gasteiger partial charge >= 0.3 is 5.97 Å². The smallest absolute Gasteiger partial charge is 0.304 e. The van der Waals surface area contributed by atoms with Gasteiger partial charge in [0, 0.05) is 10.8 Å². The normalized spacial score (nSPS) is 12.4. The average Bonchev–Trinajstić information content (AvgIpc) is 2.62. The van der Waals surface area contributed by atoms with Crippen LogP contribution in [0.2, 0.25) is 0 Å². The van der Waals surface area contributed by atoms with Crippen LogP contribution in [0.3, 0.4) is 0 Å². The van der Waals surface area contributed by atoms with Gasteiger partial charge in [-0.1, -0.05) is 20.8 Å². The van der Waals surface area contributed by atoms with Crippen LogP contribution in [0.1, 0.15) is 32.9 Å². The van der Waals surface area contributed by atoms with Crippen LogP contribution in [0.4, 0.5) is 5.13 Å². The van der Waals surface area contributed by atoms with E-state index in [1.165, 1.54) is 11.3 Å². The summed E-state index contributed by atoms with van der Waals surface area (Å²) in [5.41, 5.74) is 0.643. The minimum absolute atomic E-state index is 0.152. The fourth-order valence-electron chi connectivity index (χ4n) is 1.07. The third-order valence-corrected chi connectivity index (χ3v) is 4.23. The average molecular weight is 292 g/mol. The van der Waals surface area contributed by atoms with Crippen LogP contribution < -0.4 is 4.72 Å². The highest BCUT2D eigenvalue weighted by Crippen LogP contribution is 2.26. The summed E-state index contributed by atoms with van der Waals surface area (Å²) in [4.78, 5) is 14.5. The standard InChI is InChI=1S/C10H16N2O4S2/c1-10(2,3)7-6-17-9(11-7)12-18(15,16)5-4-8(13)14/h6H,4-5H2,1-3H3,(H,11,12)(H,13,14). The maximum atomic E-state index is 11.6. The largest absolute Gasteiger partial charge is 0.481 e. The summed E-state index contributed by atoms with van der Waals surface area (Å²) in [6.45, 7) is 5.93. The fourth-order valence-corrected chi connectivity index (χ4v) is 3.28. The van der Waals surface area contributed by atoms with Crippen molar-refractivity contribution in [2.45, 2.75) is 32.6 Å². The lowest BCUT2D eigenvalue weighted by Crippen LogP contribution is -2.19. The van der Waals surface area contributed by atoms with Gasteiger partial charge in [-0.15, -0.1) is 11.3 Å². The summed E-state index contributed by atoms with van der Waals surface area (Å²) in [6, 6.07) is 0. The number of anilines is 1. The monoisotopic (exact) mass is 292 g/mol. The Labute approximate surface area is 110 Å². The number of aromatic nitrogens is 1. The highest BCUT2D eigenvalue weighted by atomic mass is 32.2. The summed E-state index contributed by atoms with van der Waals surface area (Å²) in [6.07, 6.45) is -0.424. The first kappa shape index (κ1) is 14.9. The highest BCUT2D eigenvalue weighted by molar-refractivity contribution is 7.92. The number of carbonyl (C=O) groups is 1. The number of hydrogen-bond acceptors (Lipinski definition) is 5. The molecule has 0 aliphatic heterocycles. The molecule has 8 heteroatoms. The molecule has 1 aromatic heterocycles. The molecule has 6 nitrogen and oxygen atoms in total. The van der Waals surface area contributed by atoms with E-state index in [1.54, 1.807) is 5.38 Å². The zero-order chi connectivity index (χ0) is 14.0. The molecule has 0 spiro atoms. The van der Waals surface area contributed by atoms with Gasteiger partial charge in [0.15, 0.2) is 5.13 Å². The number of nitrogens with zero attached hydrogens (tertiary/aromatic N) is 1. The van der Waals surface area contributed by atoms with Crippen LogP contribution in [0.25, 0.3) is 0 Å². The molecule has 0 saturated heterocycles. The molecule has 0 aliphatic carbocycles. The second-order valence-electron chi connectivity index (χ2n) is 4.85. The van der Waals surface area contributed by atoms with Crippen molar-refractivity contribution >= 4 is 32.5 Å². The number of aliphatic carboxylic acids is 1. The zero-order valence-corrected chi connectivity index (χ0v) is 12.1. The van der Waals surface area contributed by atoms with E-state index in [1.807, 2.05) is 20.8 Å². The van der Waals surface area contributed by atoms with Crippen molar-refractivity contribution in [2.24, 2.45) is 0 Å². The number of carboxylic acids is 1. The number of hydrogen-bond donors (Lipinski definition) is 2. The van der Waals surface area contributed by atoms with E-state index in [-0.39, 0.29) is 10.5 Å². The molecule has 0 saturated carbocycles. The lowest BCUT2D eigenvalue weighted by molar-refractivity contribution is -0.136. The van der Waals surface area contributed by atoms with Gasteiger partial charge in [-0.25, -0.2) is 13.4 Å². The van der Waals surface area contributed by atoms with Crippen molar-refractivity contribution in [3.05, 3.63) is 11.1 Å². The molecule has 0 aliphatic rings. The van der Waals surface area contributed by atoms with E-state index in [0.717, 1.165) is 5.69 Å². The Morgan fingerprint density at radius 3 is 2.56 bits per heavy atom. The van der Waals surface area contributed by atoms with Crippen LogP contribution in [0.15, 0.2) is 5.38 Å². The number of carboxylic acid groups (broad SMARTS) is 1. The Balaban J connectivity index is 2.73. The van der Waals surface area contributed by atoms with Crippen molar-refractivity contribution < 1.29 is 18.3 Å². The van der Waals surface area contributed by atoms with Crippen molar-refractivity contribution in [2.75, 3.05) is 10.5 Å². The molecule has 2 N–H and O–H groups in total. The molecule has 0 unspecified atom stereocenters. The van der Waals surface area contributed by atoms with Crippen molar-refractivity contribution in [3.8, 4) is 0 Å². The van der Waals surface area contributed by atoms with Crippen LogP contribution in [-0.4, -0.2) is 30.2 Å². The molecule has 1 heterocycles. The van der Waals surface area contributed by atoms with Crippen molar-refractivity contribution in [3.63, 3.8) is 0 Å². The Morgan fingerprint density at radius 2 is 2.11 bits per heavy atom. The molecular weight excluding hydrogens is 276 g/mol. The van der Waals surface area contributed by atoms with Gasteiger partial charge in [0.05, 0.1) is 17.9 Å². The van der Waals surface area contributed by atoms with Crippen molar-refractivity contribution in [1.82, 2.24) is 4.98 Å². The van der Waals surface area contributed by atoms with Gasteiger partial charge in [-0.05, 0) is 0 Å². The first-order valence-corrected chi connectivity index (χ1v) is 7.82. The molecular formula is C10H16N2O4S2. The van der Waals surface area contributed by atoms with Gasteiger partial charge in [0.1, 0.15) is 0 Å². The Morgan fingerprint density at radius 1 is 1.50 bits per heavy atom. The molecule has 0 fully saturated rings. The summed E-state index contributed by atoms with van der Waals surface area (Å²) in [7, 11) is -3.64. The minimum atomic E-state index is -3.64. The maximum Gasteiger partial charge on any atom is 0.304 e. The fraction of sp³-hybridized carbons (Fsp3) is 0.600. The minimum Gasteiger partial charge on any atom is -0.481 e. The summed E-state index contributed by atoms with van der Waals surface area (Å²) in [5.74, 6) is -1.60. The summed E-state index contributed by atoms with van der Waals surface area (Å²) in [5, 5.41) is 10.5. The zero-order valence-electron chi connectivity index (χ0n) is 10.4. The quantitative estimate of drug-likeness (QED) is 0.860. The van der Waals surface area contributed by atoms with E-state index < -0.39 is 28.2 Å². The van der Waals surface area contributed by atoms with E-state index in [4.69, 9.17) is 5.11 Å². The third-order valence-electron chi connectivity index (χ3n) is 2.10. The van der Waals surface area contributed by atoms with E-state index in [0.29, 0.717) is 0 Å². The Hall–Kier alpha value is -1.15. The van der Waals surface area contributed by atoms with Crippen LogP contribution in [0, 0.1) is 0 Å². The van der Waals surface area contributed by atoms with Gasteiger partial charge in [0.25, 0.3) is 0 Å². The summed E-state index contributed by atoms with van der Waals surface area (Å²) >= 11 is 1.19. The molecule has 1 rings (SSSR count). The first-order valence-electron chi connectivity index (χ1n) is 5.28. The van der Waals surface area contributed by atoms with Gasteiger partial charge in [0.2, 0.25) is 10.0 Å². The van der Waals surface area contributed by atoms with Crippen molar-refractivity contribution in [1.29, 1.82) is 0 Å². The molecule has 1 aromatic rings. The van der Waals surface area contributed by atoms with E-state index in [9.17, 15) is 13.2 Å². The van der Waals surface area contributed by atoms with Crippen LogP contribution in [-0.2, 0) is 20.2 Å². The van der Waals surface area contributed by atoms with E-state index in [2.05, 4.69) is 9.71 Å². The molecule has 0 bridgehead atoms. The molecule has 0 atom stereocenters. The molecule has 18 heavy (non-hydrogen) atoms. The first-order chi connectivity index (χ1) is 8.10. The summed E-state index contributed by atoms with van der Waals surface area (Å²) < 4.78 is 25.4. The molecule has 0 aromatic carbocycles. The predicted octanol–water partition coefficient (Wildman–Crippen LogP) is 1.66. The number of thiazole rings is 1. The SMILES string of the molecule is CC(C)(C)c1csc(NS(=O)(=O)CCC(=O)O)n1. The van der Waals surface area contributed by atoms with Crippen LogP contribution >= 0.6 is 11.3 Å². The Bertz CT molecular complexity index is 528. The van der Waals surface area contributed by atoms with E-state index >= 15 is 0 Å². The second-order valence-corrected chi connectivity index (χ2v) is 7.55. The number of nitrogens with one attached hydrogen (secondary N) is 1. The lowest BCUT2D eigenvalue weighted by atomic mass is 9.93.